The first-order valence-corrected chi connectivity index (χ1v) is 22.7. The van der Waals surface area contributed by atoms with Gasteiger partial charge in [0.25, 0.3) is 0 Å². The number of aliphatic carboxylic acids is 1. The van der Waals surface area contributed by atoms with E-state index in [1.807, 2.05) is 14.1 Å². The summed E-state index contributed by atoms with van der Waals surface area (Å²) in [6.45, 7) is 3.68. The molecule has 1 unspecified atom stereocenters. The normalized spacial score (nSPS) is 11.6. The molecule has 0 aliphatic rings. The third kappa shape index (κ3) is 36.7. The van der Waals surface area contributed by atoms with E-state index in [0.29, 0.717) is 78.3 Å². The topological polar surface area (TPSA) is 200 Å². The summed E-state index contributed by atoms with van der Waals surface area (Å²) in [6.07, 6.45) is 22.0. The van der Waals surface area contributed by atoms with Crippen molar-refractivity contribution in [3.63, 3.8) is 0 Å². The average molecular weight is 857 g/mol. The molecule has 0 heterocycles. The van der Waals surface area contributed by atoms with Crippen LogP contribution in [0.5, 0.6) is 0 Å². The van der Waals surface area contributed by atoms with Gasteiger partial charge in [0.2, 0.25) is 23.6 Å². The molecule has 0 bridgehead atoms. The van der Waals surface area contributed by atoms with E-state index in [1.165, 1.54) is 62.5 Å². The number of nitrogens with zero attached hydrogens (tertiary/aromatic N) is 3. The SMILES string of the molecule is CNC(C=N)CCCCNC(=O)COCCOCCN(C)C(=O)COCCOCCN(C)C(=O)CCCN(C)C(=O)CCCCCCCCCCCCCCCCC(=O)O. The van der Waals surface area contributed by atoms with Gasteiger partial charge in [-0.15, -0.1) is 0 Å². The van der Waals surface area contributed by atoms with Gasteiger partial charge in [0.05, 0.1) is 39.6 Å². The molecule has 350 valence electrons. The summed E-state index contributed by atoms with van der Waals surface area (Å²) in [4.78, 5) is 64.6. The molecule has 16 nitrogen and oxygen atoms in total. The zero-order chi connectivity index (χ0) is 44.5. The van der Waals surface area contributed by atoms with Crippen molar-refractivity contribution in [1.29, 1.82) is 5.41 Å². The predicted molar refractivity (Wildman–Crippen MR) is 235 cm³/mol. The van der Waals surface area contributed by atoms with Gasteiger partial charge in [0.1, 0.15) is 13.2 Å². The van der Waals surface area contributed by atoms with Crippen molar-refractivity contribution in [2.24, 2.45) is 0 Å². The lowest BCUT2D eigenvalue weighted by Crippen LogP contribution is -2.34. The van der Waals surface area contributed by atoms with Gasteiger partial charge in [0.15, 0.2) is 0 Å². The largest absolute Gasteiger partial charge is 0.481 e. The summed E-state index contributed by atoms with van der Waals surface area (Å²) < 4.78 is 21.9. The van der Waals surface area contributed by atoms with Crippen molar-refractivity contribution in [3.8, 4) is 0 Å². The van der Waals surface area contributed by atoms with Crippen LogP contribution >= 0.6 is 0 Å². The molecule has 0 aromatic heterocycles. The molecule has 1 atom stereocenters. The summed E-state index contributed by atoms with van der Waals surface area (Å²) in [7, 11) is 7.05. The Balaban J connectivity index is 3.65. The van der Waals surface area contributed by atoms with Crippen molar-refractivity contribution in [3.05, 3.63) is 0 Å². The second kappa shape index (κ2) is 41.2. The Morgan fingerprint density at radius 3 is 1.47 bits per heavy atom. The molecule has 16 heteroatoms. The molecule has 0 saturated carbocycles. The van der Waals surface area contributed by atoms with Crippen LogP contribution in [0.15, 0.2) is 0 Å². The summed E-state index contributed by atoms with van der Waals surface area (Å²) in [5.41, 5.74) is 0. The second-order valence-electron chi connectivity index (χ2n) is 15.6. The lowest BCUT2D eigenvalue weighted by atomic mass is 10.0. The van der Waals surface area contributed by atoms with Gasteiger partial charge in [-0.05, 0) is 45.6 Å². The third-order valence-electron chi connectivity index (χ3n) is 10.4. The van der Waals surface area contributed by atoms with Crippen molar-refractivity contribution < 1.29 is 48.0 Å². The van der Waals surface area contributed by atoms with Crippen molar-refractivity contribution in [2.75, 3.05) is 107 Å². The Labute approximate surface area is 362 Å². The van der Waals surface area contributed by atoms with E-state index >= 15 is 0 Å². The van der Waals surface area contributed by atoms with E-state index in [0.717, 1.165) is 57.8 Å². The van der Waals surface area contributed by atoms with E-state index in [9.17, 15) is 24.0 Å². The van der Waals surface area contributed by atoms with Crippen LogP contribution in [-0.2, 0) is 42.9 Å². The third-order valence-corrected chi connectivity index (χ3v) is 10.4. The van der Waals surface area contributed by atoms with Crippen LogP contribution in [0.25, 0.3) is 0 Å². The summed E-state index contributed by atoms with van der Waals surface area (Å²) in [5, 5.41) is 21.8. The number of hydrogen-bond donors (Lipinski definition) is 4. The molecule has 60 heavy (non-hydrogen) atoms. The first-order valence-electron chi connectivity index (χ1n) is 22.7. The molecule has 0 aromatic rings. The van der Waals surface area contributed by atoms with Gasteiger partial charge in [-0.1, -0.05) is 77.0 Å². The highest BCUT2D eigenvalue weighted by molar-refractivity contribution is 5.78. The number of carboxylic acid groups (broad SMARTS) is 1. The number of carbonyl (C=O) groups is 5. The average Bonchev–Trinajstić information content (AvgIpc) is 3.23. The zero-order valence-electron chi connectivity index (χ0n) is 38.0. The molecule has 4 amide bonds. The molecular weight excluding hydrogens is 773 g/mol. The highest BCUT2D eigenvalue weighted by Gasteiger charge is 2.13. The maximum atomic E-state index is 12.5. The van der Waals surface area contributed by atoms with Gasteiger partial charge < -0.3 is 54.8 Å². The number of hydrogen-bond acceptors (Lipinski definition) is 11. The Bertz CT molecular complexity index is 1120. The number of nitrogens with one attached hydrogen (secondary N) is 3. The molecule has 0 aliphatic carbocycles. The predicted octanol–water partition coefficient (Wildman–Crippen LogP) is 5.06. The number of amides is 4. The smallest absolute Gasteiger partial charge is 0.303 e. The number of likely N-dealkylation sites (N-methyl/N-ethyl adjacent to an activating group) is 2. The minimum atomic E-state index is -0.694. The molecule has 0 spiro atoms. The maximum Gasteiger partial charge on any atom is 0.303 e. The summed E-state index contributed by atoms with van der Waals surface area (Å²) in [6, 6.07) is 0.0729. The number of rotatable bonds is 44. The van der Waals surface area contributed by atoms with Gasteiger partial charge in [-0.2, -0.15) is 0 Å². The number of carboxylic acids is 1. The minimum Gasteiger partial charge on any atom is -0.481 e. The monoisotopic (exact) mass is 857 g/mol. The van der Waals surface area contributed by atoms with E-state index < -0.39 is 5.97 Å². The van der Waals surface area contributed by atoms with Crippen LogP contribution in [0.3, 0.4) is 0 Å². The number of carbonyl (C=O) groups excluding carboxylic acids is 4. The highest BCUT2D eigenvalue weighted by Crippen LogP contribution is 2.14. The van der Waals surface area contributed by atoms with E-state index in [4.69, 9.17) is 29.5 Å². The lowest BCUT2D eigenvalue weighted by molar-refractivity contribution is -0.137. The summed E-state index contributed by atoms with van der Waals surface area (Å²) >= 11 is 0. The molecule has 4 N–H and O–H groups in total. The molecule has 0 rings (SSSR count). The standard InChI is InChI=1S/C44H84N6O10/c1-46-39(36-45)22-19-20-26-47-40(51)37-59-34-32-58-31-29-50(4)43(54)38-60-35-33-57-30-28-49(3)42(53)24-21-27-48(2)41(52)23-17-15-13-11-9-7-5-6-8-10-12-14-16-18-25-44(55)56/h36,39,45-46H,5-35,37-38H2,1-4H3,(H,47,51)(H,55,56). The zero-order valence-corrected chi connectivity index (χ0v) is 38.0. The van der Waals surface area contributed by atoms with Gasteiger partial charge >= 0.3 is 5.97 Å². The van der Waals surface area contributed by atoms with E-state index in [1.54, 1.807) is 23.9 Å². The highest BCUT2D eigenvalue weighted by atomic mass is 16.5. The van der Waals surface area contributed by atoms with E-state index in [-0.39, 0.29) is 56.1 Å². The number of ether oxygens (including phenoxy) is 4. The lowest BCUT2D eigenvalue weighted by Gasteiger charge is -2.20. The number of unbranched alkanes of at least 4 members (excludes halogenated alkanes) is 14. The van der Waals surface area contributed by atoms with Crippen molar-refractivity contribution >= 4 is 35.8 Å². The van der Waals surface area contributed by atoms with Gasteiger partial charge in [0, 0.05) is 78.8 Å². The Kier molecular flexibility index (Phi) is 39.0. The molecule has 0 fully saturated rings. The minimum absolute atomic E-state index is 0.00947. The van der Waals surface area contributed by atoms with Crippen LogP contribution < -0.4 is 10.6 Å². The van der Waals surface area contributed by atoms with Crippen molar-refractivity contribution in [1.82, 2.24) is 25.3 Å². The van der Waals surface area contributed by atoms with E-state index in [2.05, 4.69) is 10.6 Å². The maximum absolute atomic E-state index is 12.5. The van der Waals surface area contributed by atoms with Crippen LogP contribution in [0.1, 0.15) is 135 Å². The first-order chi connectivity index (χ1) is 29.0. The molecule has 0 aliphatic heterocycles. The van der Waals surface area contributed by atoms with Crippen LogP contribution in [-0.4, -0.2) is 169 Å². The molecule has 0 aromatic carbocycles. The second-order valence-corrected chi connectivity index (χ2v) is 15.6. The Hall–Kier alpha value is -3.18. The molecular formula is C44H84N6O10. The fraction of sp³-hybridized carbons (Fsp3) is 0.864. The fourth-order valence-electron chi connectivity index (χ4n) is 6.25. The van der Waals surface area contributed by atoms with Crippen LogP contribution in [0.4, 0.5) is 0 Å². The van der Waals surface area contributed by atoms with Gasteiger partial charge in [-0.3, -0.25) is 24.0 Å². The first kappa shape index (κ1) is 56.8. The van der Waals surface area contributed by atoms with Crippen molar-refractivity contribution in [2.45, 2.75) is 141 Å². The van der Waals surface area contributed by atoms with Gasteiger partial charge in [-0.25, -0.2) is 0 Å². The Morgan fingerprint density at radius 2 is 0.967 bits per heavy atom. The quantitative estimate of drug-likeness (QED) is 0.0472. The molecule has 0 radical (unpaired) electrons. The Morgan fingerprint density at radius 1 is 0.533 bits per heavy atom. The van der Waals surface area contributed by atoms with Crippen LogP contribution in [0, 0.1) is 5.41 Å². The molecule has 0 saturated heterocycles. The van der Waals surface area contributed by atoms with Crippen LogP contribution in [0.2, 0.25) is 0 Å². The summed E-state index contributed by atoms with van der Waals surface area (Å²) in [5.74, 6) is -0.902. The fourth-order valence-corrected chi connectivity index (χ4v) is 6.25.